The number of halogens is 1. The molecule has 1 fully saturated rings. The van der Waals surface area contributed by atoms with Gasteiger partial charge in [-0.25, -0.2) is 18.4 Å². The molecule has 0 bridgehead atoms. The summed E-state index contributed by atoms with van der Waals surface area (Å²) in [5, 5.41) is 2.01. The summed E-state index contributed by atoms with van der Waals surface area (Å²) in [6.07, 6.45) is 2.32. The maximum atomic E-state index is 12.4. The third-order valence-electron chi connectivity index (χ3n) is 2.80. The lowest BCUT2D eigenvalue weighted by Gasteiger charge is -2.32. The molecule has 1 aromatic heterocycles. The minimum absolute atomic E-state index is 0.0940. The van der Waals surface area contributed by atoms with Gasteiger partial charge in [0.15, 0.2) is 0 Å². The molecule has 1 aliphatic heterocycles. The second-order valence-corrected chi connectivity index (χ2v) is 6.30. The summed E-state index contributed by atoms with van der Waals surface area (Å²) in [7, 11) is -4.04. The summed E-state index contributed by atoms with van der Waals surface area (Å²) >= 11 is 5.50. The van der Waals surface area contributed by atoms with Gasteiger partial charge in [-0.1, -0.05) is 6.92 Å². The Morgan fingerprint density at radius 2 is 2.00 bits per heavy atom. The van der Waals surface area contributed by atoms with E-state index in [9.17, 15) is 18.0 Å². The Balaban J connectivity index is 2.43. The number of piperazine rings is 1. The Morgan fingerprint density at radius 3 is 2.55 bits per heavy atom. The quantitative estimate of drug-likeness (QED) is 0.597. The highest BCUT2D eigenvalue weighted by atomic mass is 35.5. The van der Waals surface area contributed by atoms with Crippen LogP contribution in [0.1, 0.15) is 13.3 Å². The van der Waals surface area contributed by atoms with Crippen LogP contribution in [0.4, 0.5) is 0 Å². The highest BCUT2D eigenvalue weighted by Gasteiger charge is 2.40. The van der Waals surface area contributed by atoms with Gasteiger partial charge in [0.05, 0.1) is 18.9 Å². The van der Waals surface area contributed by atoms with Crippen molar-refractivity contribution in [3.05, 3.63) is 17.7 Å². The molecule has 2 rings (SSSR count). The van der Waals surface area contributed by atoms with E-state index >= 15 is 0 Å². The Morgan fingerprint density at radius 1 is 1.40 bits per heavy atom. The second kappa shape index (κ2) is 5.43. The summed E-state index contributed by atoms with van der Waals surface area (Å²) in [5.74, 6) is -1.31. The van der Waals surface area contributed by atoms with Gasteiger partial charge in [-0.3, -0.25) is 14.9 Å². The van der Waals surface area contributed by atoms with Crippen molar-refractivity contribution >= 4 is 33.4 Å². The number of nitrogens with zero attached hydrogens (tertiary/aromatic N) is 3. The lowest BCUT2D eigenvalue weighted by atomic mass is 10.2. The van der Waals surface area contributed by atoms with Crippen LogP contribution in [-0.4, -0.2) is 47.1 Å². The molecule has 10 heteroatoms. The number of nitrogens with one attached hydrogen (secondary N) is 1. The van der Waals surface area contributed by atoms with Gasteiger partial charge in [0, 0.05) is 0 Å². The number of hydrogen-bond donors (Lipinski definition) is 1. The van der Waals surface area contributed by atoms with Crippen LogP contribution < -0.4 is 5.32 Å². The molecule has 8 nitrogen and oxygen atoms in total. The SMILES string of the molecule is CCC1C(=O)NC(=O)CN1S(=O)(=O)c1cnc(Cl)nc1. The van der Waals surface area contributed by atoms with Crippen molar-refractivity contribution in [1.29, 1.82) is 0 Å². The van der Waals surface area contributed by atoms with Crippen molar-refractivity contribution in [2.75, 3.05) is 6.54 Å². The van der Waals surface area contributed by atoms with E-state index in [1.165, 1.54) is 0 Å². The fraction of sp³-hybridized carbons (Fsp3) is 0.400. The van der Waals surface area contributed by atoms with Crippen molar-refractivity contribution < 1.29 is 18.0 Å². The topological polar surface area (TPSA) is 109 Å². The van der Waals surface area contributed by atoms with Gasteiger partial charge in [-0.05, 0) is 18.0 Å². The van der Waals surface area contributed by atoms with Crippen LogP contribution in [0.15, 0.2) is 17.3 Å². The predicted octanol–water partition coefficient (Wildman–Crippen LogP) is -0.444. The fourth-order valence-corrected chi connectivity index (χ4v) is 3.46. The lowest BCUT2D eigenvalue weighted by molar-refractivity contribution is -0.137. The molecule has 1 N–H and O–H groups in total. The lowest BCUT2D eigenvalue weighted by Crippen LogP contribution is -2.59. The Kier molecular flexibility index (Phi) is 4.02. The molecule has 108 valence electrons. The molecular weight excluding hydrogens is 308 g/mol. The Hall–Kier alpha value is -1.58. The predicted molar refractivity (Wildman–Crippen MR) is 68.2 cm³/mol. The zero-order valence-electron chi connectivity index (χ0n) is 10.4. The maximum absolute atomic E-state index is 12.4. The number of carbonyl (C=O) groups excluding carboxylic acids is 2. The zero-order valence-corrected chi connectivity index (χ0v) is 12.0. The minimum atomic E-state index is -4.04. The van der Waals surface area contributed by atoms with Crippen molar-refractivity contribution in [2.45, 2.75) is 24.3 Å². The van der Waals surface area contributed by atoms with E-state index in [-0.39, 0.29) is 16.6 Å². The summed E-state index contributed by atoms with van der Waals surface area (Å²) < 4.78 is 25.7. The number of amides is 2. The molecule has 1 aliphatic rings. The molecule has 0 spiro atoms. The summed E-state index contributed by atoms with van der Waals surface area (Å²) in [4.78, 5) is 30.0. The normalized spacial score (nSPS) is 20.8. The molecule has 0 aromatic carbocycles. The Bertz CT molecular complexity index is 646. The average Bonchev–Trinajstić information content (AvgIpc) is 2.38. The van der Waals surface area contributed by atoms with E-state index < -0.39 is 34.4 Å². The molecule has 1 atom stereocenters. The minimum Gasteiger partial charge on any atom is -0.294 e. The molecule has 2 amide bonds. The van der Waals surface area contributed by atoms with Crippen LogP contribution in [0, 0.1) is 0 Å². The molecule has 1 saturated heterocycles. The largest absolute Gasteiger partial charge is 0.294 e. The van der Waals surface area contributed by atoms with E-state index in [4.69, 9.17) is 11.6 Å². The number of sulfonamides is 1. The third kappa shape index (κ3) is 2.65. The molecule has 1 unspecified atom stereocenters. The highest BCUT2D eigenvalue weighted by molar-refractivity contribution is 7.89. The number of imide groups is 1. The average molecular weight is 319 g/mol. The Labute approximate surface area is 120 Å². The molecule has 0 radical (unpaired) electrons. The first-order valence-electron chi connectivity index (χ1n) is 5.69. The first-order chi connectivity index (χ1) is 9.36. The number of aromatic nitrogens is 2. The third-order valence-corrected chi connectivity index (χ3v) is 4.81. The standard InChI is InChI=1S/C10H11ClN4O4S/c1-2-7-9(17)14-8(16)5-15(7)20(18,19)6-3-12-10(11)13-4-6/h3-4,7H,2,5H2,1H3,(H,14,16,17). The van der Waals surface area contributed by atoms with Crippen LogP contribution >= 0.6 is 11.6 Å². The van der Waals surface area contributed by atoms with Gasteiger partial charge in [-0.15, -0.1) is 0 Å². The van der Waals surface area contributed by atoms with Gasteiger partial charge in [0.1, 0.15) is 10.9 Å². The van der Waals surface area contributed by atoms with Crippen molar-refractivity contribution in [2.24, 2.45) is 0 Å². The van der Waals surface area contributed by atoms with E-state index in [1.807, 2.05) is 0 Å². The van der Waals surface area contributed by atoms with Crippen molar-refractivity contribution in [3.63, 3.8) is 0 Å². The highest BCUT2D eigenvalue weighted by Crippen LogP contribution is 2.21. The van der Waals surface area contributed by atoms with Crippen LogP contribution in [0.2, 0.25) is 5.28 Å². The fourth-order valence-electron chi connectivity index (χ4n) is 1.85. The molecule has 0 saturated carbocycles. The summed E-state index contributed by atoms with van der Waals surface area (Å²) in [6.45, 7) is 1.23. The van der Waals surface area contributed by atoms with Crippen LogP contribution in [0.25, 0.3) is 0 Å². The number of hydrogen-bond acceptors (Lipinski definition) is 6. The number of rotatable bonds is 3. The van der Waals surface area contributed by atoms with Crippen LogP contribution in [0.5, 0.6) is 0 Å². The molecule has 20 heavy (non-hydrogen) atoms. The monoisotopic (exact) mass is 318 g/mol. The van der Waals surface area contributed by atoms with E-state index in [0.717, 1.165) is 16.7 Å². The van der Waals surface area contributed by atoms with Crippen molar-refractivity contribution in [1.82, 2.24) is 19.6 Å². The molecule has 1 aromatic rings. The summed E-state index contributed by atoms with van der Waals surface area (Å²) in [5.41, 5.74) is 0. The maximum Gasteiger partial charge on any atom is 0.247 e. The molecular formula is C10H11ClN4O4S. The molecule has 2 heterocycles. The number of carbonyl (C=O) groups is 2. The van der Waals surface area contributed by atoms with E-state index in [1.54, 1.807) is 6.92 Å². The van der Waals surface area contributed by atoms with E-state index in [0.29, 0.717) is 0 Å². The first kappa shape index (κ1) is 14.8. The van der Waals surface area contributed by atoms with Gasteiger partial charge >= 0.3 is 0 Å². The van der Waals surface area contributed by atoms with Gasteiger partial charge < -0.3 is 0 Å². The smallest absolute Gasteiger partial charge is 0.247 e. The first-order valence-corrected chi connectivity index (χ1v) is 7.51. The van der Waals surface area contributed by atoms with Gasteiger partial charge in [-0.2, -0.15) is 4.31 Å². The second-order valence-electron chi connectivity index (χ2n) is 4.07. The zero-order chi connectivity index (χ0) is 14.9. The van der Waals surface area contributed by atoms with Crippen LogP contribution in [0.3, 0.4) is 0 Å². The molecule has 0 aliphatic carbocycles. The van der Waals surface area contributed by atoms with Crippen molar-refractivity contribution in [3.8, 4) is 0 Å². The van der Waals surface area contributed by atoms with Gasteiger partial charge in [0.2, 0.25) is 27.1 Å². The summed E-state index contributed by atoms with van der Waals surface area (Å²) in [6, 6.07) is -0.937. The van der Waals surface area contributed by atoms with E-state index in [2.05, 4.69) is 15.3 Å². The van der Waals surface area contributed by atoms with Gasteiger partial charge in [0.25, 0.3) is 0 Å². The van der Waals surface area contributed by atoms with Crippen LogP contribution in [-0.2, 0) is 19.6 Å².